The van der Waals surface area contributed by atoms with Gasteiger partial charge < -0.3 is 0 Å². The molecule has 0 bridgehead atoms. The molecule has 4 aromatic carbocycles. The summed E-state index contributed by atoms with van der Waals surface area (Å²) in [6, 6.07) is 35.7. The van der Waals surface area contributed by atoms with E-state index in [1.54, 1.807) is 0 Å². The van der Waals surface area contributed by atoms with Crippen LogP contribution in [-0.2, 0) is 5.41 Å². The molecule has 5 aromatic rings. The van der Waals surface area contributed by atoms with Crippen LogP contribution in [0.5, 0.6) is 0 Å². The van der Waals surface area contributed by atoms with Gasteiger partial charge in [0, 0.05) is 16.7 Å². The molecule has 1 heterocycles. The molecule has 0 amide bonds. The fraction of sp³-hybridized carbons (Fsp3) is 0.270. The van der Waals surface area contributed by atoms with Crippen LogP contribution in [0.2, 0.25) is 0 Å². The van der Waals surface area contributed by atoms with Crippen LogP contribution in [0, 0.1) is 17.8 Å². The van der Waals surface area contributed by atoms with Gasteiger partial charge >= 0.3 is 0 Å². The van der Waals surface area contributed by atoms with E-state index >= 15 is 0 Å². The lowest BCUT2D eigenvalue weighted by Crippen LogP contribution is -2.63. The first-order chi connectivity index (χ1) is 20.1. The van der Waals surface area contributed by atoms with Gasteiger partial charge in [-0.3, -0.25) is 0 Å². The van der Waals surface area contributed by atoms with Crippen molar-refractivity contribution in [3.63, 3.8) is 0 Å². The molecule has 1 aromatic heterocycles. The predicted octanol–water partition coefficient (Wildman–Crippen LogP) is 8.05. The van der Waals surface area contributed by atoms with Crippen LogP contribution >= 0.6 is 0 Å². The second-order valence-electron chi connectivity index (χ2n) is 11.9. The molecule has 7 rings (SSSR count). The summed E-state index contributed by atoms with van der Waals surface area (Å²) >= 11 is 0. The van der Waals surface area contributed by atoms with Crippen molar-refractivity contribution in [2.45, 2.75) is 44.9 Å². The highest BCUT2D eigenvalue weighted by atomic mass is 15.0. The van der Waals surface area contributed by atoms with Crippen molar-refractivity contribution in [2.24, 2.45) is 17.8 Å². The minimum absolute atomic E-state index is 0.386. The lowest BCUT2D eigenvalue weighted by Gasteiger charge is -2.68. The Labute approximate surface area is 244 Å². The molecule has 2 aliphatic rings. The molecular formula is C37H34BN3. The van der Waals surface area contributed by atoms with Crippen LogP contribution in [-0.4, -0.2) is 22.8 Å². The largest absolute Gasteiger partial charge is 0.208 e. The summed E-state index contributed by atoms with van der Waals surface area (Å²) in [6.07, 6.45) is 5.26. The molecule has 41 heavy (non-hydrogen) atoms. The maximum atomic E-state index is 5.98. The topological polar surface area (TPSA) is 38.7 Å². The van der Waals surface area contributed by atoms with Gasteiger partial charge in [-0.15, -0.1) is 0 Å². The third-order valence-corrected chi connectivity index (χ3v) is 9.71. The van der Waals surface area contributed by atoms with E-state index in [1.165, 1.54) is 36.8 Å². The van der Waals surface area contributed by atoms with Crippen LogP contribution in [0.25, 0.3) is 45.3 Å². The molecule has 2 unspecified atom stereocenters. The first kappa shape index (κ1) is 25.9. The quantitative estimate of drug-likeness (QED) is 0.200. The van der Waals surface area contributed by atoms with Gasteiger partial charge in [0.1, 0.15) is 7.85 Å². The van der Waals surface area contributed by atoms with Crippen LogP contribution in [0.15, 0.2) is 103 Å². The molecule has 2 radical (unpaired) electrons. The molecule has 0 aliphatic heterocycles. The first-order valence-corrected chi connectivity index (χ1v) is 15.0. The van der Waals surface area contributed by atoms with E-state index in [0.29, 0.717) is 22.9 Å². The molecule has 2 saturated carbocycles. The highest BCUT2D eigenvalue weighted by molar-refractivity contribution is 6.32. The molecule has 2 aliphatic carbocycles. The summed E-state index contributed by atoms with van der Waals surface area (Å²) in [4.78, 5) is 14.9. The monoisotopic (exact) mass is 531 g/mol. The van der Waals surface area contributed by atoms with Crippen LogP contribution < -0.4 is 5.46 Å². The van der Waals surface area contributed by atoms with Gasteiger partial charge in [-0.05, 0) is 58.8 Å². The number of hydrogen-bond acceptors (Lipinski definition) is 3. The maximum absolute atomic E-state index is 5.98. The minimum Gasteiger partial charge on any atom is -0.208 e. The number of rotatable bonds is 7. The number of hydrogen-bond donors (Lipinski definition) is 0. The second kappa shape index (κ2) is 10.4. The summed E-state index contributed by atoms with van der Waals surface area (Å²) < 4.78 is 0. The third kappa shape index (κ3) is 4.50. The van der Waals surface area contributed by atoms with Crippen LogP contribution in [0.3, 0.4) is 0 Å². The average Bonchev–Trinajstić information content (AvgIpc) is 3.02. The van der Waals surface area contributed by atoms with E-state index in [1.807, 2.05) is 30.3 Å². The van der Waals surface area contributed by atoms with Crippen molar-refractivity contribution in [3.8, 4) is 45.3 Å². The van der Waals surface area contributed by atoms with Gasteiger partial charge in [0.15, 0.2) is 17.5 Å². The molecule has 0 saturated heterocycles. The minimum atomic E-state index is 0.386. The van der Waals surface area contributed by atoms with Gasteiger partial charge in [0.05, 0.1) is 0 Å². The average molecular weight is 532 g/mol. The Hall–Kier alpha value is -4.05. The first-order valence-electron chi connectivity index (χ1n) is 15.0. The van der Waals surface area contributed by atoms with E-state index in [0.717, 1.165) is 45.5 Å². The number of nitrogens with zero attached hydrogens (tertiary/aromatic N) is 3. The Bertz CT molecular complexity index is 1660. The summed E-state index contributed by atoms with van der Waals surface area (Å²) in [7, 11) is 5.98. The van der Waals surface area contributed by atoms with Crippen molar-refractivity contribution < 1.29 is 0 Å². The number of fused-ring (bicyclic) bond motifs is 1. The Morgan fingerprint density at radius 2 is 1.10 bits per heavy atom. The molecule has 0 spiro atoms. The fourth-order valence-electron chi connectivity index (χ4n) is 7.55. The maximum Gasteiger partial charge on any atom is 0.164 e. The van der Waals surface area contributed by atoms with E-state index in [9.17, 15) is 0 Å². The molecule has 4 atom stereocenters. The van der Waals surface area contributed by atoms with Crippen molar-refractivity contribution in [1.82, 2.24) is 15.0 Å². The van der Waals surface area contributed by atoms with Crippen molar-refractivity contribution in [1.29, 1.82) is 0 Å². The smallest absolute Gasteiger partial charge is 0.164 e. The van der Waals surface area contributed by atoms with Gasteiger partial charge in [0.25, 0.3) is 0 Å². The highest BCUT2D eigenvalue weighted by Gasteiger charge is 2.63. The number of benzene rings is 4. The van der Waals surface area contributed by atoms with Crippen molar-refractivity contribution >= 4 is 13.3 Å². The zero-order valence-corrected chi connectivity index (χ0v) is 23.8. The van der Waals surface area contributed by atoms with Crippen LogP contribution in [0.4, 0.5) is 0 Å². The Balaban J connectivity index is 1.27. The predicted molar refractivity (Wildman–Crippen MR) is 169 cm³/mol. The lowest BCUT2D eigenvalue weighted by atomic mass is 9.36. The summed E-state index contributed by atoms with van der Waals surface area (Å²) in [5.74, 6) is 4.61. The van der Waals surface area contributed by atoms with Crippen LogP contribution in [0.1, 0.15) is 45.1 Å². The molecule has 4 heteroatoms. The van der Waals surface area contributed by atoms with Gasteiger partial charge in [-0.2, -0.15) is 0 Å². The summed E-state index contributed by atoms with van der Waals surface area (Å²) in [5, 5.41) is 0. The molecule has 3 nitrogen and oxygen atoms in total. The fourth-order valence-corrected chi connectivity index (χ4v) is 7.55. The van der Waals surface area contributed by atoms with E-state index in [-0.39, 0.29) is 0 Å². The summed E-state index contributed by atoms with van der Waals surface area (Å²) in [5.41, 5.74) is 7.79. The van der Waals surface area contributed by atoms with E-state index in [4.69, 9.17) is 22.8 Å². The van der Waals surface area contributed by atoms with Crippen molar-refractivity contribution in [2.75, 3.05) is 0 Å². The Morgan fingerprint density at radius 3 is 1.68 bits per heavy atom. The summed E-state index contributed by atoms with van der Waals surface area (Å²) in [6.45, 7) is 4.71. The third-order valence-electron chi connectivity index (χ3n) is 9.71. The van der Waals surface area contributed by atoms with E-state index in [2.05, 4.69) is 86.6 Å². The Morgan fingerprint density at radius 1 is 0.585 bits per heavy atom. The lowest BCUT2D eigenvalue weighted by molar-refractivity contribution is -0.126. The Kier molecular flexibility index (Phi) is 6.58. The molecule has 200 valence electrons. The zero-order valence-electron chi connectivity index (χ0n) is 23.8. The van der Waals surface area contributed by atoms with Gasteiger partial charge in [-0.1, -0.05) is 129 Å². The normalized spacial score (nSPS) is 22.8. The van der Waals surface area contributed by atoms with Crippen molar-refractivity contribution in [3.05, 3.63) is 109 Å². The van der Waals surface area contributed by atoms with Gasteiger partial charge in [-0.25, -0.2) is 15.0 Å². The SMILES string of the molecule is [B]c1ccc(-c2nc(-c3ccc(C45C[C@@H](CC)C4[C@@H](CC)C5)cc3)nc(-c3cccc(-c4ccccc4)c3)n2)cc1. The highest BCUT2D eigenvalue weighted by Crippen LogP contribution is 2.69. The molecular weight excluding hydrogens is 497 g/mol. The second-order valence-corrected chi connectivity index (χ2v) is 11.9. The van der Waals surface area contributed by atoms with Gasteiger partial charge in [0.2, 0.25) is 0 Å². The molecule has 0 N–H and O–H groups in total. The number of aromatic nitrogens is 3. The zero-order chi connectivity index (χ0) is 28.0. The molecule has 2 fully saturated rings. The van der Waals surface area contributed by atoms with E-state index < -0.39 is 0 Å². The standard InChI is InChI=1S/C37H34BN3/c1-3-24-22-37(23-25(4-2)33(24)37)31-17-13-27(14-18-31)34-39-35(28-15-19-32(38)20-16-28)41-36(40-34)30-12-8-11-29(21-30)26-9-6-5-7-10-26/h5-21,24-25,33H,3-4,22-23H2,1-2H3/t24-,25+,33?,37?.